The first-order chi connectivity index (χ1) is 19.8. The molecule has 1 N–H and O–H groups in total. The van der Waals surface area contributed by atoms with Crippen LogP contribution in [0.5, 0.6) is 5.75 Å². The Hall–Kier alpha value is -2.88. The van der Waals surface area contributed by atoms with E-state index in [1.807, 2.05) is 23.5 Å². The Morgan fingerprint density at radius 1 is 0.902 bits per heavy atom. The lowest BCUT2D eigenvalue weighted by atomic mass is 9.82. The van der Waals surface area contributed by atoms with Gasteiger partial charge >= 0.3 is 0 Å². The van der Waals surface area contributed by atoms with Crippen LogP contribution < -0.4 is 10.1 Å². The zero-order chi connectivity index (χ0) is 29.8. The van der Waals surface area contributed by atoms with Gasteiger partial charge in [-0.3, -0.25) is 0 Å². The van der Waals surface area contributed by atoms with Crippen LogP contribution in [0.4, 0.5) is 0 Å². The first-order valence-electron chi connectivity index (χ1n) is 15.4. The monoisotopic (exact) mass is 569 g/mol. The minimum Gasteiger partial charge on any atom is -0.497 e. The SMILES string of the molecule is C=C(CC1CCC(NC)CC1)c1sc2ccccc2c1C.CCC.CCc1cc(-c2ccc(OC)cc2)ccc1C. The summed E-state index contributed by atoms with van der Waals surface area (Å²) < 4.78 is 6.56. The van der Waals surface area contributed by atoms with Gasteiger partial charge in [0.1, 0.15) is 5.75 Å². The number of thiophene rings is 1. The Morgan fingerprint density at radius 2 is 1.54 bits per heavy atom. The van der Waals surface area contributed by atoms with E-state index in [0.29, 0.717) is 0 Å². The second-order valence-electron chi connectivity index (χ2n) is 11.3. The number of benzene rings is 3. The molecule has 1 heterocycles. The molecule has 0 aliphatic heterocycles. The number of hydrogen-bond acceptors (Lipinski definition) is 3. The normalized spacial score (nSPS) is 16.3. The third kappa shape index (κ3) is 9.05. The van der Waals surface area contributed by atoms with Crippen LogP contribution >= 0.6 is 11.3 Å². The van der Waals surface area contributed by atoms with E-state index in [9.17, 15) is 0 Å². The standard InChI is InChI=1S/C19H25NS.C16H18O.C3H8/c1-13(12-15-8-10-16(20-3)11-9-15)19-14(2)17-6-4-5-7-18(17)21-19;1-4-13-11-15(6-5-12(13)2)14-7-9-16(17-3)10-8-14;1-3-2/h4-7,15-16,20H,1,8-12H2,2-3H3;5-11H,4H2,1-3H3;3H2,1-2H3. The lowest BCUT2D eigenvalue weighted by Crippen LogP contribution is -2.30. The molecule has 1 aliphatic rings. The fraction of sp³-hybridized carbons (Fsp3) is 0.421. The molecule has 5 rings (SSSR count). The summed E-state index contributed by atoms with van der Waals surface area (Å²) in [7, 11) is 3.78. The highest BCUT2D eigenvalue weighted by molar-refractivity contribution is 7.20. The molecule has 1 aliphatic carbocycles. The largest absolute Gasteiger partial charge is 0.497 e. The lowest BCUT2D eigenvalue weighted by molar-refractivity contribution is 0.306. The number of allylic oxidation sites excluding steroid dienone is 1. The van der Waals surface area contributed by atoms with Gasteiger partial charge in [-0.1, -0.05) is 82.3 Å². The van der Waals surface area contributed by atoms with Gasteiger partial charge in [-0.05, 0) is 122 Å². The molecule has 1 aromatic heterocycles. The summed E-state index contributed by atoms with van der Waals surface area (Å²) in [6.07, 6.45) is 8.82. The van der Waals surface area contributed by atoms with Gasteiger partial charge in [-0.15, -0.1) is 11.3 Å². The van der Waals surface area contributed by atoms with E-state index < -0.39 is 0 Å². The summed E-state index contributed by atoms with van der Waals surface area (Å²) in [4.78, 5) is 1.42. The average molecular weight is 570 g/mol. The summed E-state index contributed by atoms with van der Waals surface area (Å²) in [5.74, 6) is 1.73. The average Bonchev–Trinajstić information content (AvgIpc) is 3.35. The number of nitrogens with one attached hydrogen (secondary N) is 1. The Bertz CT molecular complexity index is 1360. The number of fused-ring (bicyclic) bond motifs is 1. The Kier molecular flexibility index (Phi) is 13.2. The van der Waals surface area contributed by atoms with Gasteiger partial charge in [0.15, 0.2) is 0 Å². The van der Waals surface area contributed by atoms with Crippen LogP contribution in [0.25, 0.3) is 26.8 Å². The summed E-state index contributed by atoms with van der Waals surface area (Å²) in [6.45, 7) is 15.3. The minimum atomic E-state index is 0.737. The molecule has 2 nitrogen and oxygen atoms in total. The lowest BCUT2D eigenvalue weighted by Gasteiger charge is -2.28. The topological polar surface area (TPSA) is 21.3 Å². The molecule has 0 atom stereocenters. The smallest absolute Gasteiger partial charge is 0.118 e. The Labute approximate surface area is 253 Å². The molecule has 4 aromatic rings. The van der Waals surface area contributed by atoms with Gasteiger partial charge in [0.2, 0.25) is 0 Å². The fourth-order valence-electron chi connectivity index (χ4n) is 5.62. The highest BCUT2D eigenvalue weighted by atomic mass is 32.1. The molecule has 0 saturated heterocycles. The van der Waals surface area contributed by atoms with Crippen molar-refractivity contribution in [3.63, 3.8) is 0 Å². The third-order valence-electron chi connectivity index (χ3n) is 8.11. The molecule has 0 amide bonds. The molecule has 220 valence electrons. The highest BCUT2D eigenvalue weighted by Gasteiger charge is 2.22. The molecular formula is C38H51NOS. The van der Waals surface area contributed by atoms with Gasteiger partial charge in [0.25, 0.3) is 0 Å². The number of aryl methyl sites for hydroxylation is 3. The molecule has 0 unspecified atom stereocenters. The maximum Gasteiger partial charge on any atom is 0.118 e. The van der Waals surface area contributed by atoms with Crippen molar-refractivity contribution in [2.75, 3.05) is 14.2 Å². The van der Waals surface area contributed by atoms with Gasteiger partial charge < -0.3 is 10.1 Å². The van der Waals surface area contributed by atoms with Crippen LogP contribution in [0.3, 0.4) is 0 Å². The summed E-state index contributed by atoms with van der Waals surface area (Å²) in [5.41, 5.74) is 8.06. The van der Waals surface area contributed by atoms with E-state index in [1.165, 1.54) is 86.9 Å². The number of ether oxygens (including phenoxy) is 1. The number of hydrogen-bond donors (Lipinski definition) is 1. The Morgan fingerprint density at radius 3 is 2.12 bits per heavy atom. The zero-order valence-corrected chi connectivity index (χ0v) is 27.3. The van der Waals surface area contributed by atoms with Gasteiger partial charge in [-0.25, -0.2) is 0 Å². The predicted octanol–water partition coefficient (Wildman–Crippen LogP) is 11.0. The number of methoxy groups -OCH3 is 1. The van der Waals surface area contributed by atoms with Crippen LogP contribution in [0.1, 0.15) is 80.9 Å². The van der Waals surface area contributed by atoms with E-state index in [2.05, 4.69) is 108 Å². The van der Waals surface area contributed by atoms with Gasteiger partial charge in [0, 0.05) is 15.6 Å². The van der Waals surface area contributed by atoms with Gasteiger partial charge in [0.05, 0.1) is 7.11 Å². The predicted molar refractivity (Wildman–Crippen MR) is 184 cm³/mol. The van der Waals surface area contributed by atoms with Crippen LogP contribution in [0, 0.1) is 19.8 Å². The van der Waals surface area contributed by atoms with Crippen molar-refractivity contribution in [2.24, 2.45) is 5.92 Å². The molecule has 0 spiro atoms. The molecule has 0 radical (unpaired) electrons. The van der Waals surface area contributed by atoms with Crippen LogP contribution in [-0.4, -0.2) is 20.2 Å². The van der Waals surface area contributed by atoms with Crippen molar-refractivity contribution in [1.29, 1.82) is 0 Å². The molecule has 41 heavy (non-hydrogen) atoms. The first kappa shape index (κ1) is 32.6. The first-order valence-corrected chi connectivity index (χ1v) is 16.2. The van der Waals surface area contributed by atoms with Crippen molar-refractivity contribution in [1.82, 2.24) is 5.32 Å². The quantitative estimate of drug-likeness (QED) is 0.239. The van der Waals surface area contributed by atoms with E-state index in [1.54, 1.807) is 7.11 Å². The highest BCUT2D eigenvalue weighted by Crippen LogP contribution is 2.39. The molecule has 1 saturated carbocycles. The minimum absolute atomic E-state index is 0.737. The fourth-order valence-corrected chi connectivity index (χ4v) is 6.81. The van der Waals surface area contributed by atoms with E-state index in [-0.39, 0.29) is 0 Å². The summed E-state index contributed by atoms with van der Waals surface area (Å²) in [5, 5.41) is 4.82. The van der Waals surface area contributed by atoms with Crippen molar-refractivity contribution in [3.05, 3.63) is 94.9 Å². The molecular weight excluding hydrogens is 518 g/mol. The van der Waals surface area contributed by atoms with E-state index in [4.69, 9.17) is 4.74 Å². The zero-order valence-electron chi connectivity index (χ0n) is 26.5. The van der Waals surface area contributed by atoms with Crippen molar-refractivity contribution >= 4 is 27.0 Å². The molecule has 0 bridgehead atoms. The molecule has 3 aromatic carbocycles. The molecule has 3 heteroatoms. The van der Waals surface area contributed by atoms with Crippen molar-refractivity contribution < 1.29 is 4.74 Å². The van der Waals surface area contributed by atoms with Crippen molar-refractivity contribution in [2.45, 2.75) is 85.6 Å². The maximum absolute atomic E-state index is 5.17. The second kappa shape index (κ2) is 16.5. The van der Waals surface area contributed by atoms with E-state index in [0.717, 1.165) is 24.1 Å². The summed E-state index contributed by atoms with van der Waals surface area (Å²) >= 11 is 1.91. The van der Waals surface area contributed by atoms with Crippen LogP contribution in [0.15, 0.2) is 73.3 Å². The van der Waals surface area contributed by atoms with Gasteiger partial charge in [-0.2, -0.15) is 0 Å². The maximum atomic E-state index is 5.17. The molecule has 1 fully saturated rings. The third-order valence-corrected chi connectivity index (χ3v) is 9.48. The van der Waals surface area contributed by atoms with Crippen LogP contribution in [0.2, 0.25) is 0 Å². The second-order valence-corrected chi connectivity index (χ2v) is 12.3. The summed E-state index contributed by atoms with van der Waals surface area (Å²) in [6, 6.07) is 24.3. The Balaban J connectivity index is 0.000000210. The van der Waals surface area contributed by atoms with Crippen LogP contribution in [-0.2, 0) is 6.42 Å². The van der Waals surface area contributed by atoms with Crippen molar-refractivity contribution in [3.8, 4) is 16.9 Å². The van der Waals surface area contributed by atoms with E-state index >= 15 is 0 Å². The number of rotatable bonds is 7.